The van der Waals surface area contributed by atoms with E-state index < -0.39 is 12.1 Å². The lowest BCUT2D eigenvalue weighted by molar-refractivity contribution is -0.126. The zero-order valence-corrected chi connectivity index (χ0v) is 17.0. The topological polar surface area (TPSA) is 78.1 Å². The SMILES string of the molecule is Cc1ccc(-c2nc(C(Cc3ccccc3)N3C(=O)CNC3=O)[nH]c2C)c(Cl)c1. The number of imide groups is 1. The van der Waals surface area contributed by atoms with Gasteiger partial charge in [0.2, 0.25) is 0 Å². The van der Waals surface area contributed by atoms with Gasteiger partial charge in [-0.1, -0.05) is 54.1 Å². The van der Waals surface area contributed by atoms with Gasteiger partial charge in [0.1, 0.15) is 11.9 Å². The third-order valence-corrected chi connectivity index (χ3v) is 5.37. The molecule has 0 radical (unpaired) electrons. The van der Waals surface area contributed by atoms with Gasteiger partial charge in [-0.2, -0.15) is 0 Å². The fourth-order valence-corrected chi connectivity index (χ4v) is 3.94. The normalized spacial score (nSPS) is 14.9. The maximum absolute atomic E-state index is 12.4. The molecule has 1 saturated heterocycles. The Bertz CT molecular complexity index is 1060. The molecule has 2 N–H and O–H groups in total. The Morgan fingerprint density at radius 1 is 1.14 bits per heavy atom. The number of nitrogens with zero attached hydrogens (tertiary/aromatic N) is 2. The summed E-state index contributed by atoms with van der Waals surface area (Å²) < 4.78 is 0. The van der Waals surface area contributed by atoms with Crippen LogP contribution in [0.2, 0.25) is 5.02 Å². The summed E-state index contributed by atoms with van der Waals surface area (Å²) in [6, 6.07) is 14.6. The van der Waals surface area contributed by atoms with E-state index in [1.54, 1.807) is 0 Å². The molecule has 2 aromatic carbocycles. The molecule has 1 atom stereocenters. The molecule has 1 aromatic heterocycles. The largest absolute Gasteiger partial charge is 0.344 e. The summed E-state index contributed by atoms with van der Waals surface area (Å²) >= 11 is 6.45. The van der Waals surface area contributed by atoms with E-state index in [4.69, 9.17) is 16.6 Å². The van der Waals surface area contributed by atoms with E-state index in [-0.39, 0.29) is 12.5 Å². The molecule has 7 heteroatoms. The molecule has 6 nitrogen and oxygen atoms in total. The second-order valence-electron chi connectivity index (χ2n) is 7.21. The number of aryl methyl sites for hydroxylation is 2. The molecule has 148 valence electrons. The van der Waals surface area contributed by atoms with E-state index in [0.717, 1.165) is 28.1 Å². The van der Waals surface area contributed by atoms with Crippen LogP contribution in [-0.2, 0) is 11.2 Å². The lowest BCUT2D eigenvalue weighted by Crippen LogP contribution is -2.36. The second kappa shape index (κ2) is 7.72. The number of hydrogen-bond donors (Lipinski definition) is 2. The molecule has 0 spiro atoms. The Morgan fingerprint density at radius 3 is 2.55 bits per heavy atom. The van der Waals surface area contributed by atoms with Crippen LogP contribution in [0.1, 0.15) is 28.7 Å². The molecule has 3 aromatic rings. The maximum atomic E-state index is 12.4. The molecule has 1 unspecified atom stereocenters. The number of urea groups is 1. The number of carbonyl (C=O) groups is 2. The van der Waals surface area contributed by atoms with Crippen LogP contribution in [0, 0.1) is 13.8 Å². The van der Waals surface area contributed by atoms with Crippen molar-refractivity contribution in [3.8, 4) is 11.3 Å². The lowest BCUT2D eigenvalue weighted by Gasteiger charge is -2.23. The predicted octanol–water partition coefficient (Wildman–Crippen LogP) is 4.18. The Kier molecular flexibility index (Phi) is 5.11. The summed E-state index contributed by atoms with van der Waals surface area (Å²) in [6.45, 7) is 3.89. The van der Waals surface area contributed by atoms with Gasteiger partial charge in [-0.05, 0) is 31.0 Å². The van der Waals surface area contributed by atoms with Gasteiger partial charge in [0, 0.05) is 17.7 Å². The number of rotatable bonds is 5. The summed E-state index contributed by atoms with van der Waals surface area (Å²) in [5.74, 6) is 0.295. The zero-order chi connectivity index (χ0) is 20.5. The number of amides is 3. The number of imidazole rings is 1. The van der Waals surface area contributed by atoms with Gasteiger partial charge in [0.05, 0.1) is 17.3 Å². The summed E-state index contributed by atoms with van der Waals surface area (Å²) in [7, 11) is 0. The molecule has 0 aliphatic carbocycles. The minimum Gasteiger partial charge on any atom is -0.344 e. The van der Waals surface area contributed by atoms with Crippen molar-refractivity contribution in [2.45, 2.75) is 26.3 Å². The van der Waals surface area contributed by atoms with Crippen molar-refractivity contribution in [1.82, 2.24) is 20.2 Å². The number of benzene rings is 2. The molecule has 4 rings (SSSR count). The van der Waals surface area contributed by atoms with Gasteiger partial charge in [0.25, 0.3) is 5.91 Å². The highest BCUT2D eigenvalue weighted by molar-refractivity contribution is 6.33. The van der Waals surface area contributed by atoms with Crippen molar-refractivity contribution in [1.29, 1.82) is 0 Å². The number of nitrogens with one attached hydrogen (secondary N) is 2. The predicted molar refractivity (Wildman–Crippen MR) is 112 cm³/mol. The Morgan fingerprint density at radius 2 is 1.90 bits per heavy atom. The molecule has 29 heavy (non-hydrogen) atoms. The van der Waals surface area contributed by atoms with E-state index in [1.165, 1.54) is 4.90 Å². The smallest absolute Gasteiger partial charge is 0.325 e. The fourth-order valence-electron chi connectivity index (χ4n) is 3.61. The number of halogens is 1. The molecule has 0 bridgehead atoms. The molecule has 1 aliphatic heterocycles. The summed E-state index contributed by atoms with van der Waals surface area (Å²) in [6.07, 6.45) is 0.466. The van der Waals surface area contributed by atoms with Crippen LogP contribution in [0.3, 0.4) is 0 Å². The Balaban J connectivity index is 1.77. The summed E-state index contributed by atoms with van der Waals surface area (Å²) in [5, 5.41) is 3.21. The highest BCUT2D eigenvalue weighted by Crippen LogP contribution is 2.33. The van der Waals surface area contributed by atoms with Crippen LogP contribution < -0.4 is 5.32 Å². The molecular formula is C22H21ClN4O2. The molecule has 2 heterocycles. The van der Waals surface area contributed by atoms with Crippen molar-refractivity contribution in [3.05, 3.63) is 76.2 Å². The van der Waals surface area contributed by atoms with Crippen LogP contribution in [-0.4, -0.2) is 33.4 Å². The first-order valence-electron chi connectivity index (χ1n) is 9.41. The average Bonchev–Trinajstić information content (AvgIpc) is 3.23. The van der Waals surface area contributed by atoms with E-state index in [9.17, 15) is 9.59 Å². The zero-order valence-electron chi connectivity index (χ0n) is 16.2. The van der Waals surface area contributed by atoms with Crippen LogP contribution >= 0.6 is 11.6 Å². The van der Waals surface area contributed by atoms with Gasteiger partial charge in [-0.25, -0.2) is 9.78 Å². The fraction of sp³-hybridized carbons (Fsp3) is 0.227. The van der Waals surface area contributed by atoms with Gasteiger partial charge in [-0.3, -0.25) is 9.69 Å². The molecular weight excluding hydrogens is 388 g/mol. The molecule has 3 amide bonds. The highest BCUT2D eigenvalue weighted by Gasteiger charge is 2.37. The monoisotopic (exact) mass is 408 g/mol. The second-order valence-corrected chi connectivity index (χ2v) is 7.61. The number of H-pyrrole nitrogens is 1. The van der Waals surface area contributed by atoms with Crippen LogP contribution in [0.25, 0.3) is 11.3 Å². The number of carbonyl (C=O) groups excluding carboxylic acids is 2. The standard InChI is InChI=1S/C22H21ClN4O2/c1-13-8-9-16(17(23)10-13)20-14(2)25-21(26-20)18(11-15-6-4-3-5-7-15)27-19(28)12-24-22(27)29/h3-10,18H,11-12H2,1-2H3,(H,24,29)(H,25,26). The van der Waals surface area contributed by atoms with Gasteiger partial charge in [-0.15, -0.1) is 0 Å². The Labute approximate surface area is 173 Å². The van der Waals surface area contributed by atoms with Crippen molar-refractivity contribution in [3.63, 3.8) is 0 Å². The maximum Gasteiger partial charge on any atom is 0.325 e. The number of aromatic amines is 1. The van der Waals surface area contributed by atoms with E-state index in [0.29, 0.717) is 17.3 Å². The summed E-state index contributed by atoms with van der Waals surface area (Å²) in [4.78, 5) is 34.1. The van der Waals surface area contributed by atoms with Crippen molar-refractivity contribution in [2.24, 2.45) is 0 Å². The quantitative estimate of drug-likeness (QED) is 0.621. The highest BCUT2D eigenvalue weighted by atomic mass is 35.5. The van der Waals surface area contributed by atoms with E-state index in [1.807, 2.05) is 62.4 Å². The van der Waals surface area contributed by atoms with Crippen molar-refractivity contribution >= 4 is 23.5 Å². The Hall–Kier alpha value is -3.12. The first kappa shape index (κ1) is 19.2. The van der Waals surface area contributed by atoms with Crippen LogP contribution in [0.5, 0.6) is 0 Å². The number of hydrogen-bond acceptors (Lipinski definition) is 3. The first-order chi connectivity index (χ1) is 13.9. The summed E-state index contributed by atoms with van der Waals surface area (Å²) in [5.41, 5.74) is 4.43. The van der Waals surface area contributed by atoms with Crippen molar-refractivity contribution < 1.29 is 9.59 Å². The molecule has 0 saturated carbocycles. The van der Waals surface area contributed by atoms with Gasteiger partial charge >= 0.3 is 6.03 Å². The number of aromatic nitrogens is 2. The van der Waals surface area contributed by atoms with Crippen LogP contribution in [0.4, 0.5) is 4.79 Å². The third kappa shape index (κ3) is 3.76. The minimum atomic E-state index is -0.538. The first-order valence-corrected chi connectivity index (χ1v) is 9.78. The van der Waals surface area contributed by atoms with Crippen LogP contribution in [0.15, 0.2) is 48.5 Å². The lowest BCUT2D eigenvalue weighted by atomic mass is 10.0. The van der Waals surface area contributed by atoms with Gasteiger partial charge in [0.15, 0.2) is 0 Å². The third-order valence-electron chi connectivity index (χ3n) is 5.06. The average molecular weight is 409 g/mol. The van der Waals surface area contributed by atoms with Crippen molar-refractivity contribution in [2.75, 3.05) is 6.54 Å². The molecule has 1 fully saturated rings. The van der Waals surface area contributed by atoms with E-state index in [2.05, 4.69) is 10.3 Å². The minimum absolute atomic E-state index is 0.000457. The van der Waals surface area contributed by atoms with Gasteiger partial charge < -0.3 is 10.3 Å². The van der Waals surface area contributed by atoms with E-state index >= 15 is 0 Å². The molecule has 1 aliphatic rings.